The Morgan fingerprint density at radius 2 is 1.73 bits per heavy atom. The number of nitrogens with zero attached hydrogens (tertiary/aromatic N) is 2. The molecular formula is C20H37ClN2O3. The molecule has 0 saturated carbocycles. The molecule has 2 rings (SSSR count). The predicted octanol–water partition coefficient (Wildman–Crippen LogP) is 3.79. The zero-order chi connectivity index (χ0) is 17.9. The monoisotopic (exact) mass is 388 g/mol. The molecule has 1 atom stereocenters. The van der Waals surface area contributed by atoms with E-state index in [1.54, 1.807) is 0 Å². The fourth-order valence-electron chi connectivity index (χ4n) is 3.82. The van der Waals surface area contributed by atoms with Crippen LogP contribution in [0.1, 0.15) is 77.6 Å². The Labute approximate surface area is 165 Å². The summed E-state index contributed by atoms with van der Waals surface area (Å²) in [6.45, 7) is 6.50. The number of rotatable bonds is 11. The molecule has 1 amide bonds. The molecule has 26 heavy (non-hydrogen) atoms. The molecule has 0 N–H and O–H groups in total. The number of carbonyl (C=O) groups is 2. The Kier molecular flexibility index (Phi) is 11.9. The normalized spacial score (nSPS) is 19.3. The second-order valence-electron chi connectivity index (χ2n) is 7.58. The molecule has 1 unspecified atom stereocenters. The van der Waals surface area contributed by atoms with Crippen LogP contribution in [0.5, 0.6) is 0 Å². The van der Waals surface area contributed by atoms with Gasteiger partial charge in [-0.3, -0.25) is 14.5 Å². The predicted molar refractivity (Wildman–Crippen MR) is 107 cm³/mol. The van der Waals surface area contributed by atoms with E-state index < -0.39 is 0 Å². The summed E-state index contributed by atoms with van der Waals surface area (Å²) >= 11 is 0. The smallest absolute Gasteiger partial charge is 0.306 e. The number of likely N-dealkylation sites (tertiary alicyclic amines) is 2. The van der Waals surface area contributed by atoms with Gasteiger partial charge in [0.2, 0.25) is 5.91 Å². The summed E-state index contributed by atoms with van der Waals surface area (Å²) in [5.74, 6) is 0.115. The maximum atomic E-state index is 12.2. The first kappa shape index (κ1) is 23.2. The van der Waals surface area contributed by atoms with Gasteiger partial charge in [0, 0.05) is 25.9 Å². The van der Waals surface area contributed by atoms with E-state index in [1.165, 1.54) is 38.5 Å². The second kappa shape index (κ2) is 13.4. The van der Waals surface area contributed by atoms with Crippen LogP contribution >= 0.6 is 12.4 Å². The minimum atomic E-state index is -0.178. The van der Waals surface area contributed by atoms with Crippen LogP contribution in [0.2, 0.25) is 0 Å². The molecule has 2 fully saturated rings. The lowest BCUT2D eigenvalue weighted by Gasteiger charge is -2.32. The second-order valence-corrected chi connectivity index (χ2v) is 7.58. The van der Waals surface area contributed by atoms with Gasteiger partial charge in [0.1, 0.15) is 6.10 Å². The average molecular weight is 389 g/mol. The zero-order valence-corrected chi connectivity index (χ0v) is 17.2. The standard InChI is InChI=1S/C20H36N2O3.ClH/c1-2-3-4-5-7-12-20(24)25-18(16-21-13-8-6-9-14-21)17-22-15-10-11-19(22)23;/h18H,2-17H2,1H3;1H. The lowest BCUT2D eigenvalue weighted by Crippen LogP contribution is -2.44. The van der Waals surface area contributed by atoms with Crippen molar-refractivity contribution in [1.82, 2.24) is 9.80 Å². The minimum Gasteiger partial charge on any atom is -0.459 e. The van der Waals surface area contributed by atoms with Gasteiger partial charge in [0.15, 0.2) is 0 Å². The minimum absolute atomic E-state index is 0. The van der Waals surface area contributed by atoms with Crippen LogP contribution < -0.4 is 0 Å². The van der Waals surface area contributed by atoms with Crippen molar-refractivity contribution in [1.29, 1.82) is 0 Å². The molecule has 6 heteroatoms. The Balaban J connectivity index is 0.00000338. The summed E-state index contributed by atoms with van der Waals surface area (Å²) in [5.41, 5.74) is 0. The lowest BCUT2D eigenvalue weighted by atomic mass is 10.1. The molecule has 0 bridgehead atoms. The topological polar surface area (TPSA) is 49.9 Å². The first-order chi connectivity index (χ1) is 12.2. The molecule has 0 aromatic heterocycles. The van der Waals surface area contributed by atoms with Crippen LogP contribution in [0.25, 0.3) is 0 Å². The van der Waals surface area contributed by atoms with Crippen molar-refractivity contribution >= 4 is 24.3 Å². The van der Waals surface area contributed by atoms with Crippen LogP contribution in [0.3, 0.4) is 0 Å². The molecular weight excluding hydrogens is 352 g/mol. The highest BCUT2D eigenvalue weighted by atomic mass is 35.5. The van der Waals surface area contributed by atoms with Gasteiger partial charge >= 0.3 is 5.97 Å². The first-order valence-corrected chi connectivity index (χ1v) is 10.4. The van der Waals surface area contributed by atoms with Gasteiger partial charge in [0.25, 0.3) is 0 Å². The third-order valence-electron chi connectivity index (χ3n) is 5.29. The maximum absolute atomic E-state index is 12.2. The summed E-state index contributed by atoms with van der Waals surface area (Å²) < 4.78 is 5.80. The number of hydrogen-bond acceptors (Lipinski definition) is 4. The third kappa shape index (κ3) is 8.72. The van der Waals surface area contributed by atoms with Crippen LogP contribution in [-0.2, 0) is 14.3 Å². The van der Waals surface area contributed by atoms with Crippen molar-refractivity contribution in [3.8, 4) is 0 Å². The van der Waals surface area contributed by atoms with E-state index >= 15 is 0 Å². The van der Waals surface area contributed by atoms with Gasteiger partial charge in [-0.05, 0) is 38.8 Å². The van der Waals surface area contributed by atoms with E-state index in [0.29, 0.717) is 19.4 Å². The van der Waals surface area contributed by atoms with Crippen molar-refractivity contribution in [2.75, 3.05) is 32.7 Å². The fourth-order valence-corrected chi connectivity index (χ4v) is 3.82. The van der Waals surface area contributed by atoms with Crippen LogP contribution in [0.15, 0.2) is 0 Å². The first-order valence-electron chi connectivity index (χ1n) is 10.4. The number of piperidine rings is 1. The summed E-state index contributed by atoms with van der Waals surface area (Å²) in [4.78, 5) is 28.4. The average Bonchev–Trinajstić information content (AvgIpc) is 3.00. The number of carbonyl (C=O) groups excluding carboxylic acids is 2. The Hall–Kier alpha value is -0.810. The summed E-state index contributed by atoms with van der Waals surface area (Å²) in [7, 11) is 0. The molecule has 0 spiro atoms. The largest absolute Gasteiger partial charge is 0.459 e. The molecule has 2 heterocycles. The Bertz CT molecular complexity index is 414. The quantitative estimate of drug-likeness (QED) is 0.399. The maximum Gasteiger partial charge on any atom is 0.306 e. The van der Waals surface area contributed by atoms with Crippen LogP contribution in [0, 0.1) is 0 Å². The van der Waals surface area contributed by atoms with Crippen molar-refractivity contribution in [3.05, 3.63) is 0 Å². The fraction of sp³-hybridized carbons (Fsp3) is 0.900. The highest BCUT2D eigenvalue weighted by molar-refractivity contribution is 5.85. The summed E-state index contributed by atoms with van der Waals surface area (Å²) in [6, 6.07) is 0. The van der Waals surface area contributed by atoms with E-state index in [4.69, 9.17) is 4.74 Å². The van der Waals surface area contributed by atoms with Gasteiger partial charge in [-0.25, -0.2) is 0 Å². The number of halogens is 1. The van der Waals surface area contributed by atoms with Gasteiger partial charge in [0.05, 0.1) is 6.54 Å². The SMILES string of the molecule is CCCCCCCC(=O)OC(CN1CCCCC1)CN1CCCC1=O.Cl. The molecule has 5 nitrogen and oxygen atoms in total. The van der Waals surface area contributed by atoms with Gasteiger partial charge in [-0.1, -0.05) is 39.0 Å². The Morgan fingerprint density at radius 1 is 1.00 bits per heavy atom. The summed E-state index contributed by atoms with van der Waals surface area (Å²) in [5, 5.41) is 0. The highest BCUT2D eigenvalue weighted by Crippen LogP contribution is 2.15. The number of hydrogen-bond donors (Lipinski definition) is 0. The highest BCUT2D eigenvalue weighted by Gasteiger charge is 2.27. The Morgan fingerprint density at radius 3 is 2.38 bits per heavy atom. The molecule has 0 aromatic rings. The van der Waals surface area contributed by atoms with Gasteiger partial charge in [-0.2, -0.15) is 0 Å². The van der Waals surface area contributed by atoms with Gasteiger partial charge < -0.3 is 9.64 Å². The number of unbranched alkanes of at least 4 members (excludes halogenated alkanes) is 4. The van der Waals surface area contributed by atoms with E-state index in [2.05, 4.69) is 11.8 Å². The van der Waals surface area contributed by atoms with Crippen LogP contribution in [-0.4, -0.2) is 60.5 Å². The van der Waals surface area contributed by atoms with Crippen molar-refractivity contribution < 1.29 is 14.3 Å². The summed E-state index contributed by atoms with van der Waals surface area (Å²) in [6.07, 6.45) is 11.3. The van der Waals surface area contributed by atoms with E-state index in [1.807, 2.05) is 4.90 Å². The van der Waals surface area contributed by atoms with Crippen molar-refractivity contribution in [2.24, 2.45) is 0 Å². The lowest BCUT2D eigenvalue weighted by molar-refractivity contribution is -0.152. The third-order valence-corrected chi connectivity index (χ3v) is 5.29. The van der Waals surface area contributed by atoms with Gasteiger partial charge in [-0.15, -0.1) is 12.4 Å². The number of amides is 1. The zero-order valence-electron chi connectivity index (χ0n) is 16.4. The van der Waals surface area contributed by atoms with Crippen LogP contribution in [0.4, 0.5) is 0 Å². The van der Waals surface area contributed by atoms with E-state index in [-0.39, 0.29) is 30.4 Å². The number of esters is 1. The number of ether oxygens (including phenoxy) is 1. The van der Waals surface area contributed by atoms with E-state index in [9.17, 15) is 9.59 Å². The molecule has 0 radical (unpaired) electrons. The molecule has 2 aliphatic rings. The molecule has 152 valence electrons. The van der Waals surface area contributed by atoms with Crippen molar-refractivity contribution in [2.45, 2.75) is 83.7 Å². The molecule has 0 aromatic carbocycles. The molecule has 0 aliphatic carbocycles. The van der Waals surface area contributed by atoms with E-state index in [0.717, 1.165) is 45.4 Å². The molecule has 2 aliphatic heterocycles. The molecule has 2 saturated heterocycles. The van der Waals surface area contributed by atoms with Crippen molar-refractivity contribution in [3.63, 3.8) is 0 Å².